The van der Waals surface area contributed by atoms with Gasteiger partial charge in [-0.3, -0.25) is 0 Å². The maximum absolute atomic E-state index is 8.63. The zero-order valence-electron chi connectivity index (χ0n) is 12.1. The first kappa shape index (κ1) is 20.3. The summed E-state index contributed by atoms with van der Waals surface area (Å²) in [4.78, 5) is 0. The quantitative estimate of drug-likeness (QED) is 0.511. The van der Waals surface area contributed by atoms with E-state index in [1.54, 1.807) is 72.8 Å². The molecule has 22 heavy (non-hydrogen) atoms. The van der Waals surface area contributed by atoms with Crippen molar-refractivity contribution in [2.75, 3.05) is 0 Å². The standard InChI is InChI=1S/3C6H6O.La/c3*7-6-4-2-1-3-5-6;/h3*1-5,7H;. The van der Waals surface area contributed by atoms with Gasteiger partial charge >= 0.3 is 0 Å². The van der Waals surface area contributed by atoms with Crippen LogP contribution in [0.25, 0.3) is 0 Å². The second kappa shape index (κ2) is 13.0. The molecule has 0 unspecified atom stereocenters. The Morgan fingerprint density at radius 2 is 0.545 bits per heavy atom. The number of para-hydroxylation sites is 3. The minimum Gasteiger partial charge on any atom is -0.508 e. The van der Waals surface area contributed by atoms with Crippen molar-refractivity contribution in [3.8, 4) is 17.2 Å². The van der Waals surface area contributed by atoms with E-state index in [0.29, 0.717) is 17.2 Å². The third-order valence-electron chi connectivity index (χ3n) is 2.27. The Morgan fingerprint density at radius 3 is 0.636 bits per heavy atom. The van der Waals surface area contributed by atoms with Gasteiger partial charge in [-0.05, 0) is 36.4 Å². The number of phenols is 3. The van der Waals surface area contributed by atoms with E-state index < -0.39 is 0 Å². The van der Waals surface area contributed by atoms with E-state index in [9.17, 15) is 0 Å². The molecule has 0 aliphatic carbocycles. The number of phenolic OH excluding ortho intramolecular Hbond substituents is 3. The van der Waals surface area contributed by atoms with Crippen LogP contribution in [0.2, 0.25) is 0 Å². The van der Waals surface area contributed by atoms with Crippen LogP contribution in [-0.2, 0) is 0 Å². The smallest absolute Gasteiger partial charge is 0.115 e. The Balaban J connectivity index is 0.000000294. The van der Waals surface area contributed by atoms with Crippen LogP contribution in [0.15, 0.2) is 91.0 Å². The third kappa shape index (κ3) is 11.0. The van der Waals surface area contributed by atoms with Crippen LogP contribution in [0.5, 0.6) is 17.2 Å². The molecule has 1 radical (unpaired) electrons. The van der Waals surface area contributed by atoms with Crippen LogP contribution in [0.1, 0.15) is 0 Å². The van der Waals surface area contributed by atoms with Crippen molar-refractivity contribution in [3.05, 3.63) is 91.0 Å². The van der Waals surface area contributed by atoms with E-state index >= 15 is 0 Å². The Morgan fingerprint density at radius 1 is 0.364 bits per heavy atom. The Kier molecular flexibility index (Phi) is 11.9. The van der Waals surface area contributed by atoms with Gasteiger partial charge in [0.2, 0.25) is 0 Å². The molecule has 3 nitrogen and oxygen atoms in total. The molecule has 0 aliphatic heterocycles. The van der Waals surface area contributed by atoms with Crippen LogP contribution in [0, 0.1) is 35.6 Å². The summed E-state index contributed by atoms with van der Waals surface area (Å²) in [5.74, 6) is 0.965. The molecular formula is C18H18LaO3. The largest absolute Gasteiger partial charge is 0.508 e. The molecule has 0 aliphatic rings. The summed E-state index contributed by atoms with van der Waals surface area (Å²) in [7, 11) is 0. The SMILES string of the molecule is Oc1ccccc1.Oc1ccccc1.Oc1ccccc1.[La]. The van der Waals surface area contributed by atoms with Crippen molar-refractivity contribution in [2.24, 2.45) is 0 Å². The third-order valence-corrected chi connectivity index (χ3v) is 2.27. The molecule has 0 bridgehead atoms. The van der Waals surface area contributed by atoms with Crippen molar-refractivity contribution in [1.82, 2.24) is 0 Å². The van der Waals surface area contributed by atoms with Gasteiger partial charge in [-0.2, -0.15) is 0 Å². The number of rotatable bonds is 0. The van der Waals surface area contributed by atoms with E-state index in [1.165, 1.54) is 0 Å². The molecule has 3 rings (SSSR count). The van der Waals surface area contributed by atoms with Gasteiger partial charge in [0.1, 0.15) is 17.2 Å². The summed E-state index contributed by atoms with van der Waals surface area (Å²) >= 11 is 0. The molecule has 3 N–H and O–H groups in total. The number of aromatic hydroxyl groups is 3. The predicted molar refractivity (Wildman–Crippen MR) is 84.3 cm³/mol. The maximum atomic E-state index is 8.63. The first-order chi connectivity index (χ1) is 10.2. The fraction of sp³-hybridized carbons (Fsp3) is 0. The maximum Gasteiger partial charge on any atom is 0.115 e. The Labute approximate surface area is 158 Å². The van der Waals surface area contributed by atoms with E-state index in [0.717, 1.165) is 0 Å². The van der Waals surface area contributed by atoms with E-state index in [2.05, 4.69) is 0 Å². The monoisotopic (exact) mass is 421 g/mol. The summed E-state index contributed by atoms with van der Waals surface area (Å²) < 4.78 is 0. The van der Waals surface area contributed by atoms with Crippen LogP contribution >= 0.6 is 0 Å². The molecule has 0 heterocycles. The van der Waals surface area contributed by atoms with Gasteiger partial charge in [-0.25, -0.2) is 0 Å². The number of benzene rings is 3. The minimum atomic E-state index is 0. The van der Waals surface area contributed by atoms with Crippen molar-refractivity contribution < 1.29 is 50.9 Å². The molecule has 111 valence electrons. The van der Waals surface area contributed by atoms with Gasteiger partial charge in [0, 0.05) is 35.6 Å². The van der Waals surface area contributed by atoms with Gasteiger partial charge in [0.15, 0.2) is 0 Å². The molecule has 0 fully saturated rings. The molecule has 0 saturated heterocycles. The number of hydrogen-bond acceptors (Lipinski definition) is 3. The minimum absolute atomic E-state index is 0. The summed E-state index contributed by atoms with van der Waals surface area (Å²) in [6.45, 7) is 0. The van der Waals surface area contributed by atoms with Crippen LogP contribution in [0.4, 0.5) is 0 Å². The molecule has 0 spiro atoms. The predicted octanol–water partition coefficient (Wildman–Crippen LogP) is 4.18. The van der Waals surface area contributed by atoms with Gasteiger partial charge < -0.3 is 15.3 Å². The van der Waals surface area contributed by atoms with Crippen LogP contribution < -0.4 is 0 Å². The zero-order chi connectivity index (χ0) is 15.3. The Hall–Kier alpha value is -1.75. The molecular weight excluding hydrogens is 403 g/mol. The zero-order valence-corrected chi connectivity index (χ0v) is 15.7. The molecule has 0 atom stereocenters. The van der Waals surface area contributed by atoms with Crippen LogP contribution in [0.3, 0.4) is 0 Å². The summed E-state index contributed by atoms with van der Waals surface area (Å²) in [6.07, 6.45) is 0. The molecule has 0 saturated carbocycles. The summed E-state index contributed by atoms with van der Waals surface area (Å²) in [6, 6.07) is 26.1. The topological polar surface area (TPSA) is 60.7 Å². The average molecular weight is 421 g/mol. The normalized spacial score (nSPS) is 8.18. The average Bonchev–Trinajstić information content (AvgIpc) is 2.51. The van der Waals surface area contributed by atoms with Crippen molar-refractivity contribution >= 4 is 0 Å². The van der Waals surface area contributed by atoms with Gasteiger partial charge in [-0.1, -0.05) is 54.6 Å². The van der Waals surface area contributed by atoms with Crippen molar-refractivity contribution in [3.63, 3.8) is 0 Å². The second-order valence-electron chi connectivity index (χ2n) is 4.01. The first-order valence-corrected chi connectivity index (χ1v) is 6.40. The fourth-order valence-electron chi connectivity index (χ4n) is 1.28. The number of hydrogen-bond donors (Lipinski definition) is 3. The first-order valence-electron chi connectivity index (χ1n) is 6.40. The summed E-state index contributed by atoms with van der Waals surface area (Å²) in [5.41, 5.74) is 0. The van der Waals surface area contributed by atoms with Crippen LogP contribution in [-0.4, -0.2) is 15.3 Å². The van der Waals surface area contributed by atoms with Crippen molar-refractivity contribution in [1.29, 1.82) is 0 Å². The Bertz CT molecular complexity index is 497. The molecule has 3 aromatic rings. The van der Waals surface area contributed by atoms with E-state index in [4.69, 9.17) is 15.3 Å². The van der Waals surface area contributed by atoms with Gasteiger partial charge in [-0.15, -0.1) is 0 Å². The van der Waals surface area contributed by atoms with E-state index in [1.807, 2.05) is 18.2 Å². The molecule has 3 aromatic carbocycles. The molecule has 4 heteroatoms. The second-order valence-corrected chi connectivity index (χ2v) is 4.01. The van der Waals surface area contributed by atoms with Gasteiger partial charge in [0.05, 0.1) is 0 Å². The van der Waals surface area contributed by atoms with Gasteiger partial charge in [0.25, 0.3) is 0 Å². The molecule has 0 aromatic heterocycles. The van der Waals surface area contributed by atoms with Crippen molar-refractivity contribution in [2.45, 2.75) is 0 Å². The fourth-order valence-corrected chi connectivity index (χ4v) is 1.28. The molecule has 0 amide bonds. The van der Waals surface area contributed by atoms with E-state index in [-0.39, 0.29) is 35.6 Å². The summed E-state index contributed by atoms with van der Waals surface area (Å²) in [5, 5.41) is 25.9.